The number of aromatic nitrogens is 2. The molecule has 0 bridgehead atoms. The molecule has 0 atom stereocenters. The van der Waals surface area contributed by atoms with E-state index in [-0.39, 0.29) is 0 Å². The topological polar surface area (TPSA) is 80.3 Å². The Balaban J connectivity index is 0.00000347. The predicted molar refractivity (Wildman–Crippen MR) is 261 cm³/mol. The van der Waals surface area contributed by atoms with Crippen molar-refractivity contribution in [2.75, 3.05) is 51.0 Å². The lowest BCUT2D eigenvalue weighted by atomic mass is 10.1. The Hall–Kier alpha value is -4.04. The fraction of sp³-hybridized carbons (Fsp3) is 0.490. The van der Waals surface area contributed by atoms with Gasteiger partial charge < -0.3 is 25.4 Å². The first-order chi connectivity index (χ1) is 30.0. The number of unbranched alkanes of at least 4 members (excludes halogenated alkanes) is 16. The smallest absolute Gasteiger partial charge is 0.119 e. The van der Waals surface area contributed by atoms with E-state index in [1.807, 2.05) is 48.5 Å². The lowest BCUT2D eigenvalue weighted by Gasteiger charge is -2.14. The number of pyridine rings is 2. The van der Waals surface area contributed by atoms with Crippen molar-refractivity contribution in [2.24, 2.45) is 0 Å². The Morgan fingerprint density at radius 3 is 1.15 bits per heavy atom. The molecule has 0 amide bonds. The molecule has 7 nitrogen and oxygen atoms in total. The number of fused-ring (bicyclic) bond motifs is 4. The van der Waals surface area contributed by atoms with Gasteiger partial charge in [0, 0.05) is 46.1 Å². The molecule has 0 aliphatic rings. The summed E-state index contributed by atoms with van der Waals surface area (Å²) in [4.78, 5) is 9.69. The number of halogens is 2. The van der Waals surface area contributed by atoms with Gasteiger partial charge in [0.15, 0.2) is 0 Å². The van der Waals surface area contributed by atoms with E-state index in [0.29, 0.717) is 10.0 Å². The minimum absolute atomic E-state index is 0.706. The number of ether oxygens (including phenoxy) is 2. The zero-order valence-electron chi connectivity index (χ0n) is 37.5. The SMILES string of the molecule is COc1ccc2nc3cc(Cl)ccc3c(NCCCCCCCCCCCNCCCCCCCCCCCNc3c4ccc(Cl)cc4nc4ccc(OC)cc34)c2c1.[2H]C. The summed E-state index contributed by atoms with van der Waals surface area (Å²) in [5, 5.41) is 16.9. The van der Waals surface area contributed by atoms with Crippen LogP contribution in [0.5, 0.6) is 11.5 Å². The molecule has 6 rings (SSSR count). The third-order valence-electron chi connectivity index (χ3n) is 11.6. The van der Waals surface area contributed by atoms with E-state index in [0.717, 1.165) is 92.4 Å². The molecule has 0 fully saturated rings. The Morgan fingerprint density at radius 1 is 0.433 bits per heavy atom. The zero-order chi connectivity index (χ0) is 43.1. The average molecular weight is 856 g/mol. The fourth-order valence-corrected chi connectivity index (χ4v) is 8.54. The monoisotopic (exact) mass is 854 g/mol. The van der Waals surface area contributed by atoms with Crippen molar-refractivity contribution in [3.8, 4) is 11.5 Å². The molecule has 3 N–H and O–H groups in total. The van der Waals surface area contributed by atoms with Crippen LogP contribution in [-0.2, 0) is 0 Å². The molecule has 0 saturated carbocycles. The number of hydrogen-bond donors (Lipinski definition) is 3. The van der Waals surface area contributed by atoms with Gasteiger partial charge >= 0.3 is 0 Å². The van der Waals surface area contributed by atoms with Gasteiger partial charge in [-0.15, -0.1) is 0 Å². The summed E-state index contributed by atoms with van der Waals surface area (Å²) in [6, 6.07) is 24.0. The van der Waals surface area contributed by atoms with Crippen molar-refractivity contribution in [1.29, 1.82) is 0 Å². The van der Waals surface area contributed by atoms with E-state index in [4.69, 9.17) is 44.0 Å². The normalized spacial score (nSPS) is 11.5. The molecule has 0 spiro atoms. The van der Waals surface area contributed by atoms with Crippen molar-refractivity contribution < 1.29 is 10.8 Å². The summed E-state index contributed by atoms with van der Waals surface area (Å²) in [5.74, 6) is 1.68. The van der Waals surface area contributed by atoms with Gasteiger partial charge in [-0.3, -0.25) is 0 Å². The summed E-state index contributed by atoms with van der Waals surface area (Å²) in [6.45, 7) is 4.22. The van der Waals surface area contributed by atoms with Crippen molar-refractivity contribution in [1.82, 2.24) is 15.3 Å². The Bertz CT molecular complexity index is 2070. The highest BCUT2D eigenvalue weighted by Gasteiger charge is 2.12. The van der Waals surface area contributed by atoms with Crippen LogP contribution in [0.2, 0.25) is 10.0 Å². The van der Waals surface area contributed by atoms with Crippen LogP contribution in [0.25, 0.3) is 43.6 Å². The molecule has 60 heavy (non-hydrogen) atoms. The molecule has 2 aromatic heterocycles. The van der Waals surface area contributed by atoms with E-state index in [9.17, 15) is 0 Å². The van der Waals surface area contributed by atoms with E-state index >= 15 is 0 Å². The molecule has 4 aromatic carbocycles. The van der Waals surface area contributed by atoms with Gasteiger partial charge in [-0.05, 0) is 112 Å². The molecular formula is C51H69Cl2N5O2. The Morgan fingerprint density at radius 2 is 0.783 bits per heavy atom. The van der Waals surface area contributed by atoms with E-state index < -0.39 is 0 Å². The lowest BCUT2D eigenvalue weighted by Crippen LogP contribution is -2.16. The van der Waals surface area contributed by atoms with Crippen LogP contribution in [0.1, 0.15) is 124 Å². The van der Waals surface area contributed by atoms with Crippen molar-refractivity contribution >= 4 is 78.2 Å². The molecule has 2 heterocycles. The maximum atomic E-state index is 6.29. The van der Waals surface area contributed by atoms with Crippen molar-refractivity contribution in [3.05, 3.63) is 82.8 Å². The highest BCUT2D eigenvalue weighted by atomic mass is 35.5. The van der Waals surface area contributed by atoms with Crippen LogP contribution in [-0.4, -0.2) is 50.4 Å². The van der Waals surface area contributed by atoms with Crippen LogP contribution in [0.15, 0.2) is 72.8 Å². The minimum Gasteiger partial charge on any atom is -0.497 e. The highest BCUT2D eigenvalue weighted by molar-refractivity contribution is 6.32. The van der Waals surface area contributed by atoms with Crippen molar-refractivity contribution in [3.63, 3.8) is 0 Å². The van der Waals surface area contributed by atoms with Gasteiger partial charge in [-0.1, -0.05) is 120 Å². The van der Waals surface area contributed by atoms with Crippen LogP contribution in [0.3, 0.4) is 0 Å². The number of rotatable bonds is 28. The molecule has 9 heteroatoms. The molecule has 0 unspecified atom stereocenters. The van der Waals surface area contributed by atoms with Crippen LogP contribution in [0.4, 0.5) is 11.4 Å². The third-order valence-corrected chi connectivity index (χ3v) is 12.0. The molecule has 324 valence electrons. The summed E-state index contributed by atoms with van der Waals surface area (Å²) in [7, 11) is 4.66. The first-order valence-electron chi connectivity index (χ1n) is 23.4. The Kier molecular flexibility index (Phi) is 19.5. The fourth-order valence-electron chi connectivity index (χ4n) is 8.20. The minimum atomic E-state index is 0.706. The first-order valence-corrected chi connectivity index (χ1v) is 23.1. The highest BCUT2D eigenvalue weighted by Crippen LogP contribution is 2.36. The summed E-state index contributed by atoms with van der Waals surface area (Å²) in [5.41, 5.74) is 5.97. The maximum absolute atomic E-state index is 6.29. The molecule has 0 radical (unpaired) electrons. The number of hydrogen-bond acceptors (Lipinski definition) is 7. The van der Waals surface area contributed by atoms with Crippen LogP contribution >= 0.6 is 23.2 Å². The van der Waals surface area contributed by atoms with Crippen molar-refractivity contribution in [2.45, 2.75) is 123 Å². The summed E-state index contributed by atoms with van der Waals surface area (Å²) in [6.07, 6.45) is 23.6. The second kappa shape index (κ2) is 25.7. The van der Waals surface area contributed by atoms with Gasteiger partial charge in [0.2, 0.25) is 0 Å². The third kappa shape index (κ3) is 14.0. The van der Waals surface area contributed by atoms with Crippen LogP contribution < -0.4 is 25.4 Å². The maximum Gasteiger partial charge on any atom is 0.119 e. The second-order valence-corrected chi connectivity index (χ2v) is 16.9. The largest absolute Gasteiger partial charge is 0.497 e. The van der Waals surface area contributed by atoms with E-state index in [1.165, 1.54) is 123 Å². The van der Waals surface area contributed by atoms with Gasteiger partial charge in [0.1, 0.15) is 11.5 Å². The molecular weight excluding hydrogens is 785 g/mol. The number of nitrogens with one attached hydrogen (secondary N) is 3. The molecule has 0 saturated heterocycles. The van der Waals surface area contributed by atoms with Crippen LogP contribution in [0, 0.1) is 0 Å². The summed E-state index contributed by atoms with van der Waals surface area (Å²) >= 11 is 12.6. The quantitative estimate of drug-likeness (QED) is 0.0335. The van der Waals surface area contributed by atoms with Gasteiger partial charge in [0.05, 0.1) is 47.7 Å². The lowest BCUT2D eigenvalue weighted by molar-refractivity contribution is 0.415. The number of nitrogens with zero attached hydrogens (tertiary/aromatic N) is 2. The molecule has 6 aromatic rings. The van der Waals surface area contributed by atoms with E-state index in [1.54, 1.807) is 14.2 Å². The number of methoxy groups -OCH3 is 2. The molecule has 0 aliphatic heterocycles. The van der Waals surface area contributed by atoms with Gasteiger partial charge in [-0.2, -0.15) is 0 Å². The Labute approximate surface area is 371 Å². The zero-order valence-corrected chi connectivity index (χ0v) is 38.0. The standard InChI is InChI=1S/C50H65Cl2N5O2.CH4/c1-58-39-23-27-45-43(35-39)49(41-25-21-37(51)33-47(41)56-45)54-31-19-15-11-7-3-5-9-13-17-29-53-30-18-14-10-6-4-8-12-16-20-32-55-50-42-26-22-38(52)34-48(42)57-46-28-24-40(59-2)36-44(46)50;/h21-28,33-36,53H,3-20,29-32H2,1-2H3,(H,54,56)(H,55,57);1H4/i;1D. The van der Waals surface area contributed by atoms with Gasteiger partial charge in [0.25, 0.3) is 0 Å². The first kappa shape index (κ1) is 45.5. The second-order valence-electron chi connectivity index (χ2n) is 16.0. The van der Waals surface area contributed by atoms with E-state index in [2.05, 4.69) is 40.2 Å². The summed E-state index contributed by atoms with van der Waals surface area (Å²) < 4.78 is 16.8. The number of benzene rings is 4. The average Bonchev–Trinajstić information content (AvgIpc) is 3.28. The van der Waals surface area contributed by atoms with Gasteiger partial charge in [-0.25, -0.2) is 9.97 Å². The number of anilines is 2. The molecule has 0 aliphatic carbocycles. The predicted octanol–water partition coefficient (Wildman–Crippen LogP) is 15.2.